The maximum atomic E-state index is 2.30. The number of rotatable bonds is 14. The van der Waals surface area contributed by atoms with Crippen molar-refractivity contribution in [3.05, 3.63) is 0 Å². The van der Waals surface area contributed by atoms with E-state index in [0.717, 1.165) is 0 Å². The van der Waals surface area contributed by atoms with E-state index in [2.05, 4.69) is 13.8 Å². The van der Waals surface area contributed by atoms with E-state index in [-0.39, 0.29) is 0 Å². The van der Waals surface area contributed by atoms with Crippen LogP contribution >= 0.6 is 0 Å². The van der Waals surface area contributed by atoms with E-state index in [1.165, 1.54) is 77.0 Å². The first kappa shape index (κ1) is 17.6. The van der Waals surface area contributed by atoms with Crippen molar-refractivity contribution in [3.63, 3.8) is 0 Å². The topological polar surface area (TPSA) is 0 Å². The summed E-state index contributed by atoms with van der Waals surface area (Å²) in [6, 6.07) is 0. The Morgan fingerprint density at radius 1 is 0.471 bits per heavy atom. The molecule has 0 amide bonds. The molecule has 103 valence electrons. The summed E-state index contributed by atoms with van der Waals surface area (Å²) >= 11 is 0.708. The van der Waals surface area contributed by atoms with Crippen LogP contribution < -0.4 is 0 Å². The van der Waals surface area contributed by atoms with E-state index in [1.807, 2.05) is 0 Å². The molecule has 0 bridgehead atoms. The van der Waals surface area contributed by atoms with Gasteiger partial charge in [0.1, 0.15) is 0 Å². The van der Waals surface area contributed by atoms with E-state index in [9.17, 15) is 0 Å². The average Bonchev–Trinajstić information content (AvgIpc) is 2.35. The monoisotopic (exact) mass is 301 g/mol. The summed E-state index contributed by atoms with van der Waals surface area (Å²) in [5.41, 5.74) is 0. The van der Waals surface area contributed by atoms with Gasteiger partial charge in [0, 0.05) is 0 Å². The molecule has 0 aromatic carbocycles. The van der Waals surface area contributed by atoms with Gasteiger partial charge in [-0.15, -0.1) is 0 Å². The molecule has 0 saturated carbocycles. The third-order valence-corrected chi connectivity index (χ3v) is 5.99. The summed E-state index contributed by atoms with van der Waals surface area (Å²) < 4.78 is 0. The van der Waals surface area contributed by atoms with E-state index >= 15 is 0 Å². The van der Waals surface area contributed by atoms with Gasteiger partial charge in [-0.25, -0.2) is 0 Å². The molecule has 0 saturated heterocycles. The SMILES string of the molecule is CCCCCCCC[As]CCCCCCCC. The first-order valence-corrected chi connectivity index (χ1v) is 10.7. The molecule has 1 heteroatoms. The third-order valence-electron chi connectivity index (χ3n) is 3.34. The molecular formula is C16H34As. The Morgan fingerprint density at radius 2 is 0.824 bits per heavy atom. The zero-order chi connectivity index (χ0) is 12.6. The molecule has 0 N–H and O–H groups in total. The predicted molar refractivity (Wildman–Crippen MR) is 82.1 cm³/mol. The summed E-state index contributed by atoms with van der Waals surface area (Å²) in [6.07, 6.45) is 17.7. The summed E-state index contributed by atoms with van der Waals surface area (Å²) in [7, 11) is 0. The van der Waals surface area contributed by atoms with Gasteiger partial charge in [-0.05, 0) is 0 Å². The average molecular weight is 301 g/mol. The van der Waals surface area contributed by atoms with Gasteiger partial charge in [-0.3, -0.25) is 0 Å². The van der Waals surface area contributed by atoms with E-state index in [0.29, 0.717) is 15.8 Å². The van der Waals surface area contributed by atoms with Crippen LogP contribution in [-0.2, 0) is 0 Å². The van der Waals surface area contributed by atoms with Gasteiger partial charge < -0.3 is 0 Å². The Bertz CT molecular complexity index is 109. The molecule has 0 spiro atoms. The van der Waals surface area contributed by atoms with Crippen molar-refractivity contribution in [2.45, 2.75) is 101 Å². The van der Waals surface area contributed by atoms with Crippen LogP contribution in [0.5, 0.6) is 0 Å². The molecule has 17 heavy (non-hydrogen) atoms. The van der Waals surface area contributed by atoms with E-state index in [4.69, 9.17) is 0 Å². The fraction of sp³-hybridized carbons (Fsp3) is 1.00. The molecule has 0 fully saturated rings. The second kappa shape index (κ2) is 16.6. The Morgan fingerprint density at radius 3 is 1.24 bits per heavy atom. The van der Waals surface area contributed by atoms with E-state index < -0.39 is 0 Å². The second-order valence-corrected chi connectivity index (χ2v) is 8.02. The maximum absolute atomic E-state index is 2.30. The van der Waals surface area contributed by atoms with Gasteiger partial charge >= 0.3 is 117 Å². The Balaban J connectivity index is 2.85. The van der Waals surface area contributed by atoms with Crippen molar-refractivity contribution in [2.24, 2.45) is 0 Å². The van der Waals surface area contributed by atoms with Gasteiger partial charge in [-0.1, -0.05) is 0 Å². The molecule has 0 aliphatic carbocycles. The first-order valence-electron chi connectivity index (χ1n) is 8.05. The number of hydrogen-bond donors (Lipinski definition) is 0. The van der Waals surface area contributed by atoms with Gasteiger partial charge in [0.05, 0.1) is 0 Å². The summed E-state index contributed by atoms with van der Waals surface area (Å²) in [5, 5.41) is 3.16. The Hall–Kier alpha value is 0.558. The van der Waals surface area contributed by atoms with Crippen molar-refractivity contribution >= 4 is 15.8 Å². The summed E-state index contributed by atoms with van der Waals surface area (Å²) in [6.45, 7) is 4.59. The minimum atomic E-state index is 0.708. The van der Waals surface area contributed by atoms with Gasteiger partial charge in [-0.2, -0.15) is 0 Å². The van der Waals surface area contributed by atoms with Crippen molar-refractivity contribution in [1.29, 1.82) is 0 Å². The van der Waals surface area contributed by atoms with Crippen molar-refractivity contribution in [2.75, 3.05) is 0 Å². The molecule has 0 atom stereocenters. The zero-order valence-corrected chi connectivity index (χ0v) is 14.2. The molecule has 0 unspecified atom stereocenters. The van der Waals surface area contributed by atoms with Crippen LogP contribution in [0.1, 0.15) is 90.9 Å². The van der Waals surface area contributed by atoms with E-state index in [1.54, 1.807) is 10.4 Å². The predicted octanol–water partition coefficient (Wildman–Crippen LogP) is 6.25. The van der Waals surface area contributed by atoms with Crippen molar-refractivity contribution < 1.29 is 0 Å². The number of unbranched alkanes of at least 4 members (excludes halogenated alkanes) is 10. The molecule has 0 nitrogen and oxygen atoms in total. The standard InChI is InChI=1S/C16H34As/c1-3-5-7-9-11-13-15-17-16-14-12-10-8-6-4-2/h3-16H2,1-2H3. The summed E-state index contributed by atoms with van der Waals surface area (Å²) in [4.78, 5) is 0. The number of hydrogen-bond acceptors (Lipinski definition) is 0. The first-order chi connectivity index (χ1) is 8.41. The third kappa shape index (κ3) is 16.6. The minimum absolute atomic E-state index is 0.708. The van der Waals surface area contributed by atoms with Crippen LogP contribution in [0.2, 0.25) is 10.4 Å². The van der Waals surface area contributed by atoms with Gasteiger partial charge in [0.2, 0.25) is 0 Å². The molecule has 0 aromatic rings. The van der Waals surface area contributed by atoms with Gasteiger partial charge in [0.15, 0.2) is 0 Å². The quantitative estimate of drug-likeness (QED) is 0.263. The van der Waals surface area contributed by atoms with Crippen LogP contribution in [0.3, 0.4) is 0 Å². The molecular weight excluding hydrogens is 267 g/mol. The molecule has 0 aliphatic rings. The van der Waals surface area contributed by atoms with Crippen LogP contribution in [0.4, 0.5) is 0 Å². The van der Waals surface area contributed by atoms with Crippen LogP contribution in [0, 0.1) is 0 Å². The van der Waals surface area contributed by atoms with Crippen molar-refractivity contribution in [1.82, 2.24) is 0 Å². The molecule has 1 radical (unpaired) electrons. The Labute approximate surface area is 117 Å². The fourth-order valence-electron chi connectivity index (χ4n) is 2.12. The van der Waals surface area contributed by atoms with Crippen LogP contribution in [0.15, 0.2) is 0 Å². The zero-order valence-electron chi connectivity index (χ0n) is 12.3. The molecule has 0 rings (SSSR count). The normalized spacial score (nSPS) is 10.9. The Kier molecular flexibility index (Phi) is 17.1. The molecule has 0 heterocycles. The van der Waals surface area contributed by atoms with Crippen molar-refractivity contribution in [3.8, 4) is 0 Å². The fourth-order valence-corrected chi connectivity index (χ4v) is 4.47. The second-order valence-electron chi connectivity index (χ2n) is 5.21. The van der Waals surface area contributed by atoms with Gasteiger partial charge in [0.25, 0.3) is 0 Å². The molecule has 0 aromatic heterocycles. The van der Waals surface area contributed by atoms with Crippen LogP contribution in [-0.4, -0.2) is 15.8 Å². The summed E-state index contributed by atoms with van der Waals surface area (Å²) in [5.74, 6) is 0. The molecule has 0 aliphatic heterocycles. The van der Waals surface area contributed by atoms with Crippen LogP contribution in [0.25, 0.3) is 0 Å².